The molecule has 1 aliphatic heterocycles. The average molecular weight is 544 g/mol. The Morgan fingerprint density at radius 1 is 1.31 bits per heavy atom. The van der Waals surface area contributed by atoms with E-state index in [-0.39, 0.29) is 17.3 Å². The highest BCUT2D eigenvalue weighted by atomic mass is 32.2. The number of hydrogen-bond acceptors (Lipinski definition) is 11. The van der Waals surface area contributed by atoms with Crippen LogP contribution in [0, 0.1) is 0 Å². The van der Waals surface area contributed by atoms with Crippen molar-refractivity contribution in [3.63, 3.8) is 0 Å². The Morgan fingerprint density at radius 2 is 2.09 bits per heavy atom. The van der Waals surface area contributed by atoms with Gasteiger partial charge in [0.05, 0.1) is 41.3 Å². The van der Waals surface area contributed by atoms with Gasteiger partial charge in [-0.2, -0.15) is 18.2 Å². The van der Waals surface area contributed by atoms with Crippen LogP contribution in [0.25, 0.3) is 21.3 Å². The summed E-state index contributed by atoms with van der Waals surface area (Å²) in [4.78, 5) is 21.0. The lowest BCUT2D eigenvalue weighted by molar-refractivity contribution is -0.140. The number of rotatable bonds is 10. The highest BCUT2D eigenvalue weighted by molar-refractivity contribution is 7.91. The molecule has 1 atom stereocenters. The molecule has 2 aromatic heterocycles. The molecule has 4 rings (SSSR count). The Kier molecular flexibility index (Phi) is 6.80. The molecule has 0 spiro atoms. The predicted octanol–water partition coefficient (Wildman–Crippen LogP) is -0.0288. The summed E-state index contributed by atoms with van der Waals surface area (Å²) in [5.74, 6) is -1.91. The summed E-state index contributed by atoms with van der Waals surface area (Å²) in [6, 6.07) is 5.43. The second-order valence-corrected chi connectivity index (χ2v) is 12.1. The summed E-state index contributed by atoms with van der Waals surface area (Å²) >= 11 is 1.11. The van der Waals surface area contributed by atoms with Crippen molar-refractivity contribution in [3.05, 3.63) is 47.6 Å². The number of hydrazine groups is 1. The Hall–Kier alpha value is -3.09. The maximum atomic E-state index is 13.2. The van der Waals surface area contributed by atoms with E-state index in [1.54, 1.807) is 24.0 Å². The number of benzene rings is 1. The molecule has 0 saturated heterocycles. The second kappa shape index (κ2) is 9.51. The monoisotopic (exact) mass is 543 g/mol. The molecule has 3 heterocycles. The van der Waals surface area contributed by atoms with Crippen LogP contribution in [0.15, 0.2) is 42.6 Å². The molecule has 0 amide bonds. The molecule has 1 unspecified atom stereocenters. The number of nitrogens with two attached hydrogens (primary N) is 1. The second-order valence-electron chi connectivity index (χ2n) is 7.52. The van der Waals surface area contributed by atoms with Crippen molar-refractivity contribution in [2.24, 2.45) is 12.2 Å². The molecular weight excluding hydrogens is 522 g/mol. The first-order valence-corrected chi connectivity index (χ1v) is 14.0. The fourth-order valence-electron chi connectivity index (χ4n) is 3.22. The van der Waals surface area contributed by atoms with Gasteiger partial charge in [0.2, 0.25) is 5.37 Å². The third-order valence-electron chi connectivity index (χ3n) is 4.82. The Labute approximate surface area is 204 Å². The summed E-state index contributed by atoms with van der Waals surface area (Å²) in [6.45, 7) is -0.335. The number of sulfone groups is 1. The van der Waals surface area contributed by atoms with Crippen molar-refractivity contribution in [1.29, 1.82) is 0 Å². The molecule has 0 fully saturated rings. The number of carboxylic acids is 1. The molecule has 0 bridgehead atoms. The van der Waals surface area contributed by atoms with E-state index in [1.807, 2.05) is 23.1 Å². The zero-order chi connectivity index (χ0) is 25.4. The zero-order valence-corrected chi connectivity index (χ0v) is 20.6. The zero-order valence-electron chi connectivity index (χ0n) is 18.2. The summed E-state index contributed by atoms with van der Waals surface area (Å²) in [5, 5.41) is 17.6. The molecule has 3 aromatic rings. The first-order chi connectivity index (χ1) is 16.4. The quantitative estimate of drug-likeness (QED) is 0.268. The first kappa shape index (κ1) is 25.0. The SMILES string of the molecule is Cn1cc(-c2ccc3nc(C(N4NC=C(CNS(N)(=O)=O)O4)S(=O)(=O)CCC(=O)O)sc3c2)cn1. The number of nitrogens with zero attached hydrogens (tertiary/aromatic N) is 4. The molecule has 17 heteroatoms. The van der Waals surface area contributed by atoms with Crippen LogP contribution in [0.4, 0.5) is 0 Å². The van der Waals surface area contributed by atoms with Gasteiger partial charge in [0.15, 0.2) is 15.6 Å². The van der Waals surface area contributed by atoms with Gasteiger partial charge in [-0.05, 0) is 22.9 Å². The standard InChI is InChI=1S/C18H21N7O7S3/c1-24-10-12(7-20-24)11-2-3-14-15(6-11)33-17(23-14)18(34(28,29)5-4-16(26)27)25-21-8-13(32-25)9-22-35(19,30)31/h2-3,6-8,10,18,21-22H,4-5,9H2,1H3,(H,26,27)(H2,19,30,31). The summed E-state index contributed by atoms with van der Waals surface area (Å²) in [7, 11) is -6.34. The highest BCUT2D eigenvalue weighted by Crippen LogP contribution is 2.36. The number of carbonyl (C=O) groups is 1. The van der Waals surface area contributed by atoms with Crippen LogP contribution >= 0.6 is 11.3 Å². The lowest BCUT2D eigenvalue weighted by Gasteiger charge is -2.24. The van der Waals surface area contributed by atoms with E-state index in [0.717, 1.165) is 27.6 Å². The van der Waals surface area contributed by atoms with E-state index < -0.39 is 43.6 Å². The fraction of sp³-hybridized carbons (Fsp3) is 0.278. The summed E-state index contributed by atoms with van der Waals surface area (Å²) < 4.78 is 53.1. The maximum Gasteiger partial charge on any atom is 0.304 e. The molecule has 188 valence electrons. The highest BCUT2D eigenvalue weighted by Gasteiger charge is 2.40. The molecule has 0 radical (unpaired) electrons. The molecule has 1 aliphatic rings. The Bertz CT molecular complexity index is 1510. The average Bonchev–Trinajstić information content (AvgIpc) is 3.49. The lowest BCUT2D eigenvalue weighted by Crippen LogP contribution is -2.39. The number of nitrogens with one attached hydrogen (secondary N) is 2. The van der Waals surface area contributed by atoms with Crippen LogP contribution in [-0.4, -0.2) is 60.1 Å². The number of aromatic nitrogens is 3. The van der Waals surface area contributed by atoms with Crippen LogP contribution in [0.3, 0.4) is 0 Å². The summed E-state index contributed by atoms with van der Waals surface area (Å²) in [6.07, 6.45) is 4.18. The van der Waals surface area contributed by atoms with Gasteiger partial charge in [-0.3, -0.25) is 14.9 Å². The lowest BCUT2D eigenvalue weighted by atomic mass is 10.1. The molecule has 0 saturated carbocycles. The van der Waals surface area contributed by atoms with Crippen molar-refractivity contribution in [1.82, 2.24) is 30.1 Å². The maximum absolute atomic E-state index is 13.2. The van der Waals surface area contributed by atoms with Gasteiger partial charge in [0.1, 0.15) is 5.01 Å². The number of hydrogen-bond donors (Lipinski definition) is 4. The van der Waals surface area contributed by atoms with Gasteiger partial charge in [-0.15, -0.1) is 11.3 Å². The van der Waals surface area contributed by atoms with E-state index in [1.165, 1.54) is 6.20 Å². The number of hydroxylamine groups is 1. The van der Waals surface area contributed by atoms with Crippen molar-refractivity contribution in [2.45, 2.75) is 11.8 Å². The Morgan fingerprint density at radius 3 is 2.74 bits per heavy atom. The van der Waals surface area contributed by atoms with Crippen molar-refractivity contribution < 1.29 is 31.6 Å². The van der Waals surface area contributed by atoms with E-state index in [9.17, 15) is 21.6 Å². The number of aliphatic carboxylic acids is 1. The third-order valence-corrected chi connectivity index (χ3v) is 8.46. The number of aryl methyl sites for hydroxylation is 1. The van der Waals surface area contributed by atoms with Crippen molar-refractivity contribution in [3.8, 4) is 11.1 Å². The smallest absolute Gasteiger partial charge is 0.304 e. The molecule has 1 aromatic carbocycles. The van der Waals surface area contributed by atoms with E-state index >= 15 is 0 Å². The first-order valence-electron chi connectivity index (χ1n) is 9.94. The Balaban J connectivity index is 1.66. The minimum Gasteiger partial charge on any atom is -0.481 e. The van der Waals surface area contributed by atoms with Gasteiger partial charge in [0.25, 0.3) is 10.2 Å². The minimum atomic E-state index is -4.13. The van der Waals surface area contributed by atoms with E-state index in [2.05, 4.69) is 15.5 Å². The van der Waals surface area contributed by atoms with Gasteiger partial charge >= 0.3 is 5.97 Å². The molecule has 35 heavy (non-hydrogen) atoms. The number of thiazole rings is 1. The van der Waals surface area contributed by atoms with E-state index in [4.69, 9.17) is 15.1 Å². The molecule has 0 aliphatic carbocycles. The largest absolute Gasteiger partial charge is 0.481 e. The number of carboxylic acid groups (broad SMARTS) is 1. The topological polar surface area (TPSA) is 199 Å². The molecule has 5 N–H and O–H groups in total. The van der Waals surface area contributed by atoms with Crippen LogP contribution in [0.5, 0.6) is 0 Å². The summed E-state index contributed by atoms with van der Waals surface area (Å²) in [5.41, 5.74) is 4.89. The van der Waals surface area contributed by atoms with Crippen LogP contribution in [0.1, 0.15) is 16.8 Å². The van der Waals surface area contributed by atoms with E-state index in [0.29, 0.717) is 10.2 Å². The minimum absolute atomic E-state index is 0.0393. The predicted molar refractivity (Wildman–Crippen MR) is 126 cm³/mol. The van der Waals surface area contributed by atoms with Crippen molar-refractivity contribution >= 4 is 47.6 Å². The normalized spacial score (nSPS) is 15.5. The van der Waals surface area contributed by atoms with Crippen LogP contribution < -0.4 is 15.3 Å². The van der Waals surface area contributed by atoms with Gasteiger partial charge < -0.3 is 9.94 Å². The van der Waals surface area contributed by atoms with Crippen molar-refractivity contribution in [2.75, 3.05) is 12.3 Å². The third kappa shape index (κ3) is 5.95. The van der Waals surface area contributed by atoms with Crippen LogP contribution in [0.2, 0.25) is 0 Å². The molecular formula is C18H21N7O7S3. The van der Waals surface area contributed by atoms with Crippen LogP contribution in [-0.2, 0) is 36.7 Å². The van der Waals surface area contributed by atoms with Gasteiger partial charge in [-0.25, -0.2) is 18.5 Å². The molecule has 14 nitrogen and oxygen atoms in total. The fourth-order valence-corrected chi connectivity index (χ4v) is 6.56. The van der Waals surface area contributed by atoms with Gasteiger partial charge in [-0.1, -0.05) is 6.07 Å². The number of fused-ring (bicyclic) bond motifs is 1. The van der Waals surface area contributed by atoms with Gasteiger partial charge in [0, 0.05) is 18.8 Å².